The summed E-state index contributed by atoms with van der Waals surface area (Å²) in [6.07, 6.45) is 3.23. The maximum absolute atomic E-state index is 10.5. The van der Waals surface area contributed by atoms with Gasteiger partial charge in [-0.2, -0.15) is 0 Å². The van der Waals surface area contributed by atoms with Gasteiger partial charge in [0.15, 0.2) is 0 Å². The molecule has 6 heteroatoms. The van der Waals surface area contributed by atoms with Crippen LogP contribution in [-0.2, 0) is 11.2 Å². The summed E-state index contributed by atoms with van der Waals surface area (Å²) in [4.78, 5) is 18.5. The second-order valence-electron chi connectivity index (χ2n) is 3.34. The van der Waals surface area contributed by atoms with Gasteiger partial charge in [0.25, 0.3) is 0 Å². The Morgan fingerprint density at radius 2 is 2.31 bits per heavy atom. The van der Waals surface area contributed by atoms with Crippen molar-refractivity contribution < 1.29 is 4.79 Å². The average Bonchev–Trinajstić information content (AvgIpc) is 2.24. The second kappa shape index (κ2) is 6.27. The molecule has 88 valence electrons. The quantitative estimate of drug-likeness (QED) is 0.583. The van der Waals surface area contributed by atoms with Crippen LogP contribution in [0.15, 0.2) is 6.33 Å². The molecular weight excluding hydrogens is 228 g/mol. The fourth-order valence-electron chi connectivity index (χ4n) is 1.33. The van der Waals surface area contributed by atoms with Crippen LogP contribution in [0.1, 0.15) is 25.3 Å². The third-order valence-corrected chi connectivity index (χ3v) is 2.46. The summed E-state index contributed by atoms with van der Waals surface area (Å²) in [6, 6.07) is 0. The minimum absolute atomic E-state index is 0.293. The Morgan fingerprint density at radius 3 is 2.94 bits per heavy atom. The highest BCUT2D eigenvalue weighted by molar-refractivity contribution is 6.30. The Hall–Kier alpha value is -1.36. The normalized spacial score (nSPS) is 10.1. The van der Waals surface area contributed by atoms with E-state index in [-0.39, 0.29) is 5.91 Å². The number of rotatable bonds is 6. The molecule has 5 nitrogen and oxygen atoms in total. The molecule has 1 amide bonds. The van der Waals surface area contributed by atoms with Crippen LogP contribution in [0.4, 0.5) is 5.82 Å². The molecule has 1 heterocycles. The molecule has 0 fully saturated rings. The number of halogens is 1. The third kappa shape index (κ3) is 3.66. The number of nitrogens with two attached hydrogens (primary N) is 1. The molecular formula is C10H15ClN4O. The zero-order valence-corrected chi connectivity index (χ0v) is 9.92. The van der Waals surface area contributed by atoms with Gasteiger partial charge in [-0.3, -0.25) is 4.79 Å². The monoisotopic (exact) mass is 242 g/mol. The maximum Gasteiger partial charge on any atom is 0.217 e. The Kier molecular flexibility index (Phi) is 4.98. The lowest BCUT2D eigenvalue weighted by Crippen LogP contribution is -2.13. The maximum atomic E-state index is 10.5. The minimum atomic E-state index is -0.293. The minimum Gasteiger partial charge on any atom is -0.370 e. The van der Waals surface area contributed by atoms with Gasteiger partial charge in [-0.15, -0.1) is 0 Å². The molecule has 0 unspecified atom stereocenters. The van der Waals surface area contributed by atoms with Crippen molar-refractivity contribution in [1.29, 1.82) is 0 Å². The van der Waals surface area contributed by atoms with Gasteiger partial charge in [0.05, 0.1) is 0 Å². The van der Waals surface area contributed by atoms with Gasteiger partial charge in [-0.1, -0.05) is 18.5 Å². The molecule has 16 heavy (non-hydrogen) atoms. The largest absolute Gasteiger partial charge is 0.370 e. The molecule has 0 saturated heterocycles. The first-order valence-corrected chi connectivity index (χ1v) is 5.54. The van der Waals surface area contributed by atoms with Crippen molar-refractivity contribution in [1.82, 2.24) is 9.97 Å². The van der Waals surface area contributed by atoms with Gasteiger partial charge in [0.1, 0.15) is 17.3 Å². The smallest absolute Gasteiger partial charge is 0.217 e. The number of carbonyl (C=O) groups is 1. The molecule has 1 rings (SSSR count). The Morgan fingerprint density at radius 1 is 1.56 bits per heavy atom. The van der Waals surface area contributed by atoms with E-state index in [2.05, 4.69) is 15.3 Å². The highest BCUT2D eigenvalue weighted by Gasteiger charge is 2.06. The topological polar surface area (TPSA) is 80.9 Å². The number of hydrogen-bond acceptors (Lipinski definition) is 4. The summed E-state index contributed by atoms with van der Waals surface area (Å²) < 4.78 is 0. The fourth-order valence-corrected chi connectivity index (χ4v) is 1.59. The first-order chi connectivity index (χ1) is 7.65. The summed E-state index contributed by atoms with van der Waals surface area (Å²) >= 11 is 5.93. The van der Waals surface area contributed by atoms with Crippen molar-refractivity contribution in [3.05, 3.63) is 17.0 Å². The summed E-state index contributed by atoms with van der Waals surface area (Å²) in [5.41, 5.74) is 5.93. The van der Waals surface area contributed by atoms with Gasteiger partial charge in [-0.25, -0.2) is 9.97 Å². The molecule has 0 atom stereocenters. The number of nitrogens with one attached hydrogen (secondary N) is 1. The van der Waals surface area contributed by atoms with Crippen LogP contribution >= 0.6 is 11.6 Å². The number of amides is 1. The lowest BCUT2D eigenvalue weighted by Gasteiger charge is -2.09. The number of aromatic nitrogens is 2. The van der Waals surface area contributed by atoms with E-state index in [4.69, 9.17) is 17.3 Å². The lowest BCUT2D eigenvalue weighted by atomic mass is 10.2. The van der Waals surface area contributed by atoms with Crippen LogP contribution in [0.25, 0.3) is 0 Å². The summed E-state index contributed by atoms with van der Waals surface area (Å²) in [6.45, 7) is 2.63. The van der Waals surface area contributed by atoms with Crippen LogP contribution in [0, 0.1) is 0 Å². The van der Waals surface area contributed by atoms with Crippen LogP contribution in [0.2, 0.25) is 5.15 Å². The van der Waals surface area contributed by atoms with E-state index in [0.29, 0.717) is 24.5 Å². The predicted octanol–water partition coefficient (Wildman–Crippen LogP) is 1.37. The molecule has 0 radical (unpaired) electrons. The zero-order chi connectivity index (χ0) is 12.0. The molecule has 0 aliphatic rings. The molecule has 0 aliphatic carbocycles. The van der Waals surface area contributed by atoms with E-state index in [0.717, 1.165) is 17.8 Å². The SMILES string of the molecule is CCc1c(Cl)ncnc1NCCCC(N)=O. The fraction of sp³-hybridized carbons (Fsp3) is 0.500. The van der Waals surface area contributed by atoms with Gasteiger partial charge in [-0.05, 0) is 12.8 Å². The van der Waals surface area contributed by atoms with Crippen molar-refractivity contribution in [3.63, 3.8) is 0 Å². The number of nitrogens with zero attached hydrogens (tertiary/aromatic N) is 2. The highest BCUT2D eigenvalue weighted by Crippen LogP contribution is 2.19. The third-order valence-electron chi connectivity index (χ3n) is 2.14. The van der Waals surface area contributed by atoms with E-state index in [1.165, 1.54) is 6.33 Å². The van der Waals surface area contributed by atoms with Crippen LogP contribution in [0.3, 0.4) is 0 Å². The second-order valence-corrected chi connectivity index (χ2v) is 3.70. The summed E-state index contributed by atoms with van der Waals surface area (Å²) in [5, 5.41) is 3.58. The first kappa shape index (κ1) is 12.7. The summed E-state index contributed by atoms with van der Waals surface area (Å²) in [7, 11) is 0. The van der Waals surface area contributed by atoms with Crippen molar-refractivity contribution in [2.75, 3.05) is 11.9 Å². The zero-order valence-electron chi connectivity index (χ0n) is 9.16. The Labute approximate surface area is 99.4 Å². The van der Waals surface area contributed by atoms with E-state index >= 15 is 0 Å². The van der Waals surface area contributed by atoms with E-state index < -0.39 is 0 Å². The molecule has 0 aliphatic heterocycles. The molecule has 0 saturated carbocycles. The van der Waals surface area contributed by atoms with Gasteiger partial charge in [0, 0.05) is 18.5 Å². The number of primary amides is 1. The number of carbonyl (C=O) groups excluding carboxylic acids is 1. The first-order valence-electron chi connectivity index (χ1n) is 5.16. The van der Waals surface area contributed by atoms with Gasteiger partial charge >= 0.3 is 0 Å². The predicted molar refractivity (Wildman–Crippen MR) is 63.3 cm³/mol. The molecule has 0 spiro atoms. The van der Waals surface area contributed by atoms with E-state index in [1.54, 1.807) is 0 Å². The molecule has 0 aromatic carbocycles. The van der Waals surface area contributed by atoms with Crippen LogP contribution < -0.4 is 11.1 Å². The lowest BCUT2D eigenvalue weighted by molar-refractivity contribution is -0.118. The molecule has 1 aromatic heterocycles. The Bertz CT molecular complexity index is 370. The molecule has 1 aromatic rings. The summed E-state index contributed by atoms with van der Waals surface area (Å²) in [5.74, 6) is 0.435. The highest BCUT2D eigenvalue weighted by atomic mass is 35.5. The molecule has 3 N–H and O–H groups in total. The van der Waals surface area contributed by atoms with Crippen molar-refractivity contribution in [3.8, 4) is 0 Å². The average molecular weight is 243 g/mol. The molecule has 0 bridgehead atoms. The standard InChI is InChI=1S/C10H15ClN4O/c1-2-7-9(11)14-6-15-10(7)13-5-3-4-8(12)16/h6H,2-5H2,1H3,(H2,12,16)(H,13,14,15). The van der Waals surface area contributed by atoms with Crippen molar-refractivity contribution in [2.24, 2.45) is 5.73 Å². The van der Waals surface area contributed by atoms with Gasteiger partial charge in [0.2, 0.25) is 5.91 Å². The van der Waals surface area contributed by atoms with Crippen LogP contribution in [-0.4, -0.2) is 22.4 Å². The number of hydrogen-bond donors (Lipinski definition) is 2. The van der Waals surface area contributed by atoms with Crippen LogP contribution in [0.5, 0.6) is 0 Å². The Balaban J connectivity index is 2.53. The van der Waals surface area contributed by atoms with Crippen molar-refractivity contribution >= 4 is 23.3 Å². The van der Waals surface area contributed by atoms with Crippen molar-refractivity contribution in [2.45, 2.75) is 26.2 Å². The van der Waals surface area contributed by atoms with Gasteiger partial charge < -0.3 is 11.1 Å². The van der Waals surface area contributed by atoms with E-state index in [1.807, 2.05) is 6.92 Å². The number of anilines is 1. The van der Waals surface area contributed by atoms with E-state index in [9.17, 15) is 4.79 Å².